The molecule has 0 spiro atoms. The number of nitrogens with zero attached hydrogens (tertiary/aromatic N) is 3. The number of hydrogen-bond donors (Lipinski definition) is 0. The monoisotopic (exact) mass is 409 g/mol. The van der Waals surface area contributed by atoms with E-state index in [4.69, 9.17) is 11.6 Å². The van der Waals surface area contributed by atoms with Gasteiger partial charge < -0.3 is 4.90 Å². The average molecular weight is 410 g/mol. The van der Waals surface area contributed by atoms with Gasteiger partial charge in [-0.15, -0.1) is 12.4 Å². The van der Waals surface area contributed by atoms with Gasteiger partial charge in [-0.3, -0.25) is 9.69 Å². The Balaban J connectivity index is 0.00000243. The number of para-hydroxylation sites is 1. The van der Waals surface area contributed by atoms with E-state index in [-0.39, 0.29) is 18.3 Å². The van der Waals surface area contributed by atoms with Crippen molar-refractivity contribution in [2.45, 2.75) is 6.92 Å². The number of hydrogen-bond acceptors (Lipinski definition) is 4. The molecule has 0 saturated heterocycles. The summed E-state index contributed by atoms with van der Waals surface area (Å²) in [6, 6.07) is 13.3. The SMILES string of the molecule is Cc1cccc(C(=O)N(CCN(C)C)c2nc3c(Cl)cccc3s2)c1.Cl. The highest BCUT2D eigenvalue weighted by atomic mass is 35.5. The largest absolute Gasteiger partial charge is 0.308 e. The molecule has 3 aromatic rings. The van der Waals surface area contributed by atoms with Gasteiger partial charge in [-0.25, -0.2) is 4.98 Å². The average Bonchev–Trinajstić information content (AvgIpc) is 3.00. The van der Waals surface area contributed by atoms with Crippen molar-refractivity contribution in [3.8, 4) is 0 Å². The van der Waals surface area contributed by atoms with Crippen molar-refractivity contribution in [2.75, 3.05) is 32.1 Å². The molecule has 0 N–H and O–H groups in total. The van der Waals surface area contributed by atoms with Crippen LogP contribution in [0, 0.1) is 6.92 Å². The van der Waals surface area contributed by atoms with Crippen LogP contribution in [-0.2, 0) is 0 Å². The van der Waals surface area contributed by atoms with E-state index in [0.717, 1.165) is 22.3 Å². The normalized spacial score (nSPS) is 10.8. The van der Waals surface area contributed by atoms with Crippen molar-refractivity contribution < 1.29 is 4.79 Å². The predicted molar refractivity (Wildman–Crippen MR) is 113 cm³/mol. The van der Waals surface area contributed by atoms with E-state index in [0.29, 0.717) is 22.3 Å². The highest BCUT2D eigenvalue weighted by molar-refractivity contribution is 7.22. The van der Waals surface area contributed by atoms with E-state index in [1.165, 1.54) is 11.3 Å². The number of aromatic nitrogens is 1. The fraction of sp³-hybridized carbons (Fsp3) is 0.263. The quantitative estimate of drug-likeness (QED) is 0.601. The van der Waals surface area contributed by atoms with Crippen molar-refractivity contribution in [1.82, 2.24) is 9.88 Å². The summed E-state index contributed by atoms with van der Waals surface area (Å²) >= 11 is 7.74. The minimum absolute atomic E-state index is 0. The summed E-state index contributed by atoms with van der Waals surface area (Å²) in [5.41, 5.74) is 2.48. The molecule has 1 amide bonds. The molecule has 0 aliphatic heterocycles. The molecule has 0 aliphatic carbocycles. The molecule has 0 aliphatic rings. The van der Waals surface area contributed by atoms with Crippen LogP contribution in [0.1, 0.15) is 15.9 Å². The Hall–Kier alpha value is -1.66. The second-order valence-corrected chi connectivity index (χ2v) is 7.63. The van der Waals surface area contributed by atoms with Gasteiger partial charge in [0.2, 0.25) is 0 Å². The van der Waals surface area contributed by atoms with Crippen molar-refractivity contribution in [1.29, 1.82) is 0 Å². The molecule has 7 heteroatoms. The number of benzene rings is 2. The second-order valence-electron chi connectivity index (χ2n) is 6.21. The van der Waals surface area contributed by atoms with Crippen LogP contribution in [-0.4, -0.2) is 43.0 Å². The van der Waals surface area contributed by atoms with Crippen LogP contribution in [0.5, 0.6) is 0 Å². The zero-order valence-corrected chi connectivity index (χ0v) is 17.3. The van der Waals surface area contributed by atoms with E-state index in [9.17, 15) is 4.79 Å². The van der Waals surface area contributed by atoms with E-state index in [1.54, 1.807) is 4.90 Å². The number of anilines is 1. The first kappa shape index (κ1) is 20.6. The Morgan fingerprint density at radius 3 is 2.54 bits per heavy atom. The van der Waals surface area contributed by atoms with Gasteiger partial charge >= 0.3 is 0 Å². The molecular weight excluding hydrogens is 389 g/mol. The lowest BCUT2D eigenvalue weighted by molar-refractivity contribution is 0.0985. The van der Waals surface area contributed by atoms with Crippen LogP contribution in [0.3, 0.4) is 0 Å². The van der Waals surface area contributed by atoms with Gasteiger partial charge in [-0.05, 0) is 45.3 Å². The number of halogens is 2. The van der Waals surface area contributed by atoms with Gasteiger partial charge in [0.05, 0.1) is 9.72 Å². The lowest BCUT2D eigenvalue weighted by atomic mass is 10.1. The summed E-state index contributed by atoms with van der Waals surface area (Å²) in [4.78, 5) is 21.5. The topological polar surface area (TPSA) is 36.4 Å². The molecule has 1 heterocycles. The van der Waals surface area contributed by atoms with Crippen LogP contribution in [0.15, 0.2) is 42.5 Å². The molecule has 1 aromatic heterocycles. The number of carbonyl (C=O) groups is 1. The lowest BCUT2D eigenvalue weighted by Gasteiger charge is -2.22. The molecule has 2 aromatic carbocycles. The number of thiazole rings is 1. The maximum absolute atomic E-state index is 13.1. The van der Waals surface area contributed by atoms with E-state index in [2.05, 4.69) is 9.88 Å². The molecule has 138 valence electrons. The van der Waals surface area contributed by atoms with E-state index < -0.39 is 0 Å². The predicted octanol–water partition coefficient (Wildman–Crippen LogP) is 4.89. The first-order chi connectivity index (χ1) is 12.0. The fourth-order valence-electron chi connectivity index (χ4n) is 2.54. The van der Waals surface area contributed by atoms with E-state index in [1.807, 2.05) is 63.5 Å². The first-order valence-electron chi connectivity index (χ1n) is 8.04. The summed E-state index contributed by atoms with van der Waals surface area (Å²) in [7, 11) is 3.98. The van der Waals surface area contributed by atoms with Gasteiger partial charge in [0.1, 0.15) is 5.52 Å². The fourth-order valence-corrected chi connectivity index (χ4v) is 3.83. The maximum Gasteiger partial charge on any atom is 0.260 e. The number of carbonyl (C=O) groups excluding carboxylic acids is 1. The Morgan fingerprint density at radius 1 is 1.15 bits per heavy atom. The molecule has 26 heavy (non-hydrogen) atoms. The van der Waals surface area contributed by atoms with Gasteiger partial charge in [-0.2, -0.15) is 0 Å². The molecule has 0 saturated carbocycles. The van der Waals surface area contributed by atoms with Crippen LogP contribution >= 0.6 is 35.3 Å². The van der Waals surface area contributed by atoms with Crippen LogP contribution in [0.2, 0.25) is 5.02 Å². The first-order valence-corrected chi connectivity index (χ1v) is 9.23. The third-order valence-electron chi connectivity index (χ3n) is 3.87. The summed E-state index contributed by atoms with van der Waals surface area (Å²) < 4.78 is 0.981. The summed E-state index contributed by atoms with van der Waals surface area (Å²) in [6.07, 6.45) is 0. The zero-order chi connectivity index (χ0) is 18.0. The number of rotatable bonds is 5. The Bertz CT molecular complexity index is 911. The van der Waals surface area contributed by atoms with Crippen molar-refractivity contribution in [2.24, 2.45) is 0 Å². The summed E-state index contributed by atoms with van der Waals surface area (Å²) in [6.45, 7) is 3.30. The van der Waals surface area contributed by atoms with Gasteiger partial charge in [-0.1, -0.05) is 46.7 Å². The maximum atomic E-state index is 13.1. The molecule has 0 radical (unpaired) electrons. The van der Waals surface area contributed by atoms with Gasteiger partial charge in [0, 0.05) is 18.7 Å². The minimum atomic E-state index is -0.0410. The highest BCUT2D eigenvalue weighted by Gasteiger charge is 2.22. The van der Waals surface area contributed by atoms with Gasteiger partial charge in [0.15, 0.2) is 5.13 Å². The summed E-state index contributed by atoms with van der Waals surface area (Å²) in [5.74, 6) is -0.0410. The zero-order valence-electron chi connectivity index (χ0n) is 14.9. The highest BCUT2D eigenvalue weighted by Crippen LogP contribution is 2.33. The molecule has 0 unspecified atom stereocenters. The lowest BCUT2D eigenvalue weighted by Crippen LogP contribution is -2.36. The van der Waals surface area contributed by atoms with Crippen molar-refractivity contribution >= 4 is 56.6 Å². The number of likely N-dealkylation sites (N-methyl/N-ethyl adjacent to an activating group) is 1. The van der Waals surface area contributed by atoms with E-state index >= 15 is 0 Å². The van der Waals surface area contributed by atoms with Crippen molar-refractivity contribution in [3.63, 3.8) is 0 Å². The minimum Gasteiger partial charge on any atom is -0.308 e. The van der Waals surface area contributed by atoms with Crippen LogP contribution in [0.4, 0.5) is 5.13 Å². The Kier molecular flexibility index (Phi) is 7.01. The van der Waals surface area contributed by atoms with Gasteiger partial charge in [0.25, 0.3) is 5.91 Å². The van der Waals surface area contributed by atoms with Crippen LogP contribution in [0.25, 0.3) is 10.2 Å². The number of amides is 1. The third-order valence-corrected chi connectivity index (χ3v) is 5.22. The number of fused-ring (bicyclic) bond motifs is 1. The second kappa shape index (κ2) is 8.82. The molecule has 3 rings (SSSR count). The number of aryl methyl sites for hydroxylation is 1. The Labute approximate surface area is 168 Å². The van der Waals surface area contributed by atoms with Crippen LogP contribution < -0.4 is 4.90 Å². The smallest absolute Gasteiger partial charge is 0.260 e. The summed E-state index contributed by atoms with van der Waals surface area (Å²) in [5, 5.41) is 1.28. The standard InChI is InChI=1S/C19H20ClN3OS.ClH/c1-13-6-4-7-14(12-13)18(24)23(11-10-22(2)3)19-21-17-15(20)8-5-9-16(17)25-19;/h4-9,12H,10-11H2,1-3H3;1H. The third kappa shape index (κ3) is 4.54. The van der Waals surface area contributed by atoms with Crippen molar-refractivity contribution in [3.05, 3.63) is 58.6 Å². The molecule has 0 fully saturated rings. The molecule has 4 nitrogen and oxygen atoms in total. The molecule has 0 bridgehead atoms. The Morgan fingerprint density at radius 2 is 1.88 bits per heavy atom. The molecule has 0 atom stereocenters. The molecular formula is C19H21Cl2N3OS.